The second-order valence-corrected chi connectivity index (χ2v) is 5.10. The summed E-state index contributed by atoms with van der Waals surface area (Å²) in [6.07, 6.45) is 0.638. The number of halogens is 1. The van der Waals surface area contributed by atoms with Crippen molar-refractivity contribution in [3.05, 3.63) is 46.2 Å². The highest BCUT2D eigenvalue weighted by molar-refractivity contribution is 6.31. The molecule has 4 heteroatoms. The summed E-state index contributed by atoms with van der Waals surface area (Å²) in [6, 6.07) is 6.99. The largest absolute Gasteiger partial charge is 0.426 e. The molecular formula is C15H15ClO3. The first-order valence-electron chi connectivity index (χ1n) is 6.04. The topological polar surface area (TPSA) is 39.4 Å². The van der Waals surface area contributed by atoms with Gasteiger partial charge in [0.25, 0.3) is 5.95 Å². The fourth-order valence-corrected chi connectivity index (χ4v) is 2.41. The number of rotatable bonds is 4. The Kier molecular flexibility index (Phi) is 3.96. The van der Waals surface area contributed by atoms with Crippen LogP contribution in [0.25, 0.3) is 0 Å². The van der Waals surface area contributed by atoms with Crippen LogP contribution < -0.4 is 4.74 Å². The van der Waals surface area contributed by atoms with Crippen LogP contribution in [0.4, 0.5) is 0 Å². The summed E-state index contributed by atoms with van der Waals surface area (Å²) in [5.74, 6) is 1.40. The number of aldehydes is 1. The number of carbonyl (C=O) groups excluding carboxylic acids is 1. The van der Waals surface area contributed by atoms with Crippen molar-refractivity contribution in [3.8, 4) is 11.7 Å². The van der Waals surface area contributed by atoms with Crippen LogP contribution in [0.2, 0.25) is 5.02 Å². The molecule has 0 N–H and O–H groups in total. The average Bonchev–Trinajstić information content (AvgIpc) is 2.75. The standard InChI is InChI=1S/C15H15ClO3/c1-9(2)15-12(16)6-10(3)7-13(15)19-14-5-4-11(8-17)18-14/h4-9H,1-3H3. The maximum absolute atomic E-state index is 10.6. The molecule has 1 aromatic carbocycles. The van der Waals surface area contributed by atoms with Crippen molar-refractivity contribution in [2.24, 2.45) is 0 Å². The molecule has 0 saturated heterocycles. The van der Waals surface area contributed by atoms with Gasteiger partial charge in [-0.1, -0.05) is 25.4 Å². The van der Waals surface area contributed by atoms with E-state index in [0.29, 0.717) is 17.1 Å². The highest BCUT2D eigenvalue weighted by Crippen LogP contribution is 2.37. The van der Waals surface area contributed by atoms with Crippen LogP contribution in [0.1, 0.15) is 41.4 Å². The molecule has 2 rings (SSSR count). The van der Waals surface area contributed by atoms with Crippen LogP contribution in [-0.4, -0.2) is 6.29 Å². The van der Waals surface area contributed by atoms with Gasteiger partial charge in [-0.25, -0.2) is 0 Å². The lowest BCUT2D eigenvalue weighted by molar-refractivity contribution is 0.109. The van der Waals surface area contributed by atoms with Gasteiger partial charge in [-0.2, -0.15) is 0 Å². The van der Waals surface area contributed by atoms with Crippen molar-refractivity contribution in [1.82, 2.24) is 0 Å². The molecule has 0 fully saturated rings. The first kappa shape index (κ1) is 13.7. The van der Waals surface area contributed by atoms with Crippen molar-refractivity contribution in [3.63, 3.8) is 0 Å². The summed E-state index contributed by atoms with van der Waals surface area (Å²) in [4.78, 5) is 10.6. The van der Waals surface area contributed by atoms with Crippen molar-refractivity contribution >= 4 is 17.9 Å². The maximum atomic E-state index is 10.6. The van der Waals surface area contributed by atoms with Gasteiger partial charge >= 0.3 is 0 Å². The zero-order valence-electron chi connectivity index (χ0n) is 11.1. The van der Waals surface area contributed by atoms with E-state index in [2.05, 4.69) is 0 Å². The molecule has 0 saturated carbocycles. The Morgan fingerprint density at radius 3 is 2.63 bits per heavy atom. The summed E-state index contributed by atoms with van der Waals surface area (Å²) < 4.78 is 10.9. The molecule has 0 atom stereocenters. The molecule has 0 spiro atoms. The fraction of sp³-hybridized carbons (Fsp3) is 0.267. The van der Waals surface area contributed by atoms with E-state index in [-0.39, 0.29) is 17.6 Å². The predicted molar refractivity (Wildman–Crippen MR) is 74.4 cm³/mol. The van der Waals surface area contributed by atoms with Crippen molar-refractivity contribution in [1.29, 1.82) is 0 Å². The molecule has 0 aliphatic rings. The average molecular weight is 279 g/mol. The van der Waals surface area contributed by atoms with Gasteiger partial charge < -0.3 is 9.15 Å². The van der Waals surface area contributed by atoms with Gasteiger partial charge in [0.1, 0.15) is 5.75 Å². The third-order valence-corrected chi connectivity index (χ3v) is 3.05. The second kappa shape index (κ2) is 5.49. The zero-order valence-corrected chi connectivity index (χ0v) is 11.8. The Morgan fingerprint density at radius 1 is 1.32 bits per heavy atom. The smallest absolute Gasteiger partial charge is 0.290 e. The first-order valence-corrected chi connectivity index (χ1v) is 6.42. The number of benzene rings is 1. The van der Waals surface area contributed by atoms with Gasteiger partial charge in [0.05, 0.1) is 0 Å². The first-order chi connectivity index (χ1) is 9.01. The molecule has 100 valence electrons. The predicted octanol–water partition coefficient (Wildman–Crippen LogP) is 4.97. The molecule has 0 bridgehead atoms. The number of carbonyl (C=O) groups is 1. The van der Waals surface area contributed by atoms with Crippen molar-refractivity contribution in [2.75, 3.05) is 0 Å². The van der Waals surface area contributed by atoms with Crippen LogP contribution in [0.3, 0.4) is 0 Å². The third kappa shape index (κ3) is 2.99. The molecule has 0 aliphatic heterocycles. The lowest BCUT2D eigenvalue weighted by atomic mass is 10.0. The maximum Gasteiger partial charge on any atom is 0.290 e. The van der Waals surface area contributed by atoms with Crippen LogP contribution in [-0.2, 0) is 0 Å². The van der Waals surface area contributed by atoms with Crippen LogP contribution in [0.5, 0.6) is 11.7 Å². The van der Waals surface area contributed by atoms with Crippen molar-refractivity contribution in [2.45, 2.75) is 26.7 Å². The summed E-state index contributed by atoms with van der Waals surface area (Å²) in [7, 11) is 0. The quantitative estimate of drug-likeness (QED) is 0.741. The van der Waals surface area contributed by atoms with Gasteiger partial charge in [0.2, 0.25) is 0 Å². The van der Waals surface area contributed by atoms with Crippen LogP contribution >= 0.6 is 11.6 Å². The minimum atomic E-state index is 0.226. The molecule has 1 heterocycles. The molecule has 0 amide bonds. The lowest BCUT2D eigenvalue weighted by Crippen LogP contribution is -1.96. The van der Waals surface area contributed by atoms with Gasteiger partial charge in [-0.05, 0) is 36.6 Å². The van der Waals surface area contributed by atoms with Gasteiger partial charge in [-0.15, -0.1) is 0 Å². The Balaban J connectivity index is 2.40. The van der Waals surface area contributed by atoms with Gasteiger partial charge in [0, 0.05) is 16.7 Å². The molecule has 19 heavy (non-hydrogen) atoms. The Labute approximate surface area is 117 Å². The number of furan rings is 1. The lowest BCUT2D eigenvalue weighted by Gasteiger charge is -2.15. The highest BCUT2D eigenvalue weighted by atomic mass is 35.5. The Morgan fingerprint density at radius 2 is 2.05 bits per heavy atom. The Hall–Kier alpha value is -1.74. The van der Waals surface area contributed by atoms with E-state index in [9.17, 15) is 4.79 Å². The second-order valence-electron chi connectivity index (χ2n) is 4.69. The fourth-order valence-electron chi connectivity index (χ4n) is 1.93. The number of hydrogen-bond acceptors (Lipinski definition) is 3. The molecule has 3 nitrogen and oxygen atoms in total. The molecular weight excluding hydrogens is 264 g/mol. The van der Waals surface area contributed by atoms with E-state index in [4.69, 9.17) is 20.8 Å². The number of ether oxygens (including phenoxy) is 1. The zero-order chi connectivity index (χ0) is 14.0. The molecule has 0 unspecified atom stereocenters. The Bertz CT molecular complexity index is 599. The molecule has 2 aromatic rings. The summed E-state index contributed by atoms with van der Waals surface area (Å²) in [5, 5.41) is 0.673. The molecule has 0 radical (unpaired) electrons. The number of hydrogen-bond donors (Lipinski definition) is 0. The van der Waals surface area contributed by atoms with Gasteiger partial charge in [-0.3, -0.25) is 4.79 Å². The van der Waals surface area contributed by atoms with Crippen molar-refractivity contribution < 1.29 is 13.9 Å². The monoisotopic (exact) mass is 278 g/mol. The normalized spacial score (nSPS) is 10.8. The van der Waals surface area contributed by atoms with E-state index < -0.39 is 0 Å². The van der Waals surface area contributed by atoms with E-state index >= 15 is 0 Å². The van der Waals surface area contributed by atoms with E-state index in [0.717, 1.165) is 11.1 Å². The highest BCUT2D eigenvalue weighted by Gasteiger charge is 2.15. The van der Waals surface area contributed by atoms with E-state index in [1.54, 1.807) is 12.1 Å². The summed E-state index contributed by atoms with van der Waals surface area (Å²) in [5.41, 5.74) is 1.93. The third-order valence-electron chi connectivity index (χ3n) is 2.74. The molecule has 1 aromatic heterocycles. The SMILES string of the molecule is Cc1cc(Cl)c(C(C)C)c(Oc2ccc(C=O)o2)c1. The summed E-state index contributed by atoms with van der Waals surface area (Å²) >= 11 is 6.26. The number of aryl methyl sites for hydroxylation is 1. The summed E-state index contributed by atoms with van der Waals surface area (Å²) in [6.45, 7) is 6.03. The van der Waals surface area contributed by atoms with Crippen LogP contribution in [0.15, 0.2) is 28.7 Å². The van der Waals surface area contributed by atoms with Crippen LogP contribution in [0, 0.1) is 6.92 Å². The van der Waals surface area contributed by atoms with E-state index in [1.165, 1.54) is 0 Å². The minimum absolute atomic E-state index is 0.226. The minimum Gasteiger partial charge on any atom is -0.426 e. The van der Waals surface area contributed by atoms with Gasteiger partial charge in [0.15, 0.2) is 12.0 Å². The van der Waals surface area contributed by atoms with E-state index in [1.807, 2.05) is 32.9 Å². The molecule has 0 aliphatic carbocycles.